The molecule has 3 N–H and O–H groups in total. The third kappa shape index (κ3) is 3.50. The Morgan fingerprint density at radius 2 is 2.19 bits per heavy atom. The molecule has 2 aromatic heterocycles. The number of carbonyl (C=O) groups is 1. The molecule has 2 heterocycles. The molecule has 1 unspecified atom stereocenters. The highest BCUT2D eigenvalue weighted by molar-refractivity contribution is 9.10. The average molecular weight is 379 g/mol. The predicted octanol–water partition coefficient (Wildman–Crippen LogP) is 0.542. The normalized spacial score (nSPS) is 13.5. The Labute approximate surface area is 127 Å². The van der Waals surface area contributed by atoms with Gasteiger partial charge in [0, 0.05) is 30.4 Å². The molecular formula is C11H12BrN2O6P. The zero-order valence-electron chi connectivity index (χ0n) is 10.8. The molecule has 8 nitrogen and oxygen atoms in total. The van der Waals surface area contributed by atoms with Crippen LogP contribution in [0.1, 0.15) is 5.56 Å². The van der Waals surface area contributed by atoms with Crippen molar-refractivity contribution in [2.45, 2.75) is 12.5 Å². The summed E-state index contributed by atoms with van der Waals surface area (Å²) in [6.45, 7) is 0. The second-order valence-electron chi connectivity index (χ2n) is 4.32. The van der Waals surface area contributed by atoms with Crippen molar-refractivity contribution < 1.29 is 29.0 Å². The van der Waals surface area contributed by atoms with Crippen LogP contribution >= 0.6 is 23.5 Å². The lowest BCUT2D eigenvalue weighted by Crippen LogP contribution is -2.25. The fourth-order valence-corrected chi connectivity index (χ4v) is 2.78. The van der Waals surface area contributed by atoms with E-state index in [0.29, 0.717) is 15.7 Å². The van der Waals surface area contributed by atoms with Crippen LogP contribution in [0.25, 0.3) is 5.65 Å². The number of aromatic nitrogens is 2. The van der Waals surface area contributed by atoms with Crippen LogP contribution in [-0.2, 0) is 20.5 Å². The second-order valence-corrected chi connectivity index (χ2v) is 6.72. The number of fused-ring (bicyclic) bond motifs is 1. The van der Waals surface area contributed by atoms with Crippen molar-refractivity contribution in [2.24, 2.45) is 0 Å². The van der Waals surface area contributed by atoms with Gasteiger partial charge < -0.3 is 24.0 Å². The number of carboxylic acids is 1. The van der Waals surface area contributed by atoms with E-state index in [9.17, 15) is 9.36 Å². The van der Waals surface area contributed by atoms with E-state index < -0.39 is 19.7 Å². The first-order valence-electron chi connectivity index (χ1n) is 5.71. The van der Waals surface area contributed by atoms with Gasteiger partial charge in [-0.05, 0) is 11.6 Å². The van der Waals surface area contributed by atoms with E-state index in [1.54, 1.807) is 12.3 Å². The number of halogens is 1. The van der Waals surface area contributed by atoms with E-state index in [1.807, 2.05) is 0 Å². The maximum Gasteiger partial charge on any atom is 0.376 e. The van der Waals surface area contributed by atoms with Gasteiger partial charge in [-0.25, -0.2) is 9.78 Å². The van der Waals surface area contributed by atoms with Crippen LogP contribution < -0.4 is 5.44 Å². The first-order chi connectivity index (χ1) is 9.72. The molecule has 114 valence electrons. The SMILES string of the molecule is COC(Cc1cn2cc(P(=O)(O)O)nc2cc1Br)C(=O)O. The molecule has 1 atom stereocenters. The minimum absolute atomic E-state index is 0.103. The quantitative estimate of drug-likeness (QED) is 0.649. The lowest BCUT2D eigenvalue weighted by atomic mass is 10.1. The molecule has 10 heteroatoms. The standard InChI is InChI=1S/C11H12BrN2O6P/c1-20-8(11(15)16)2-6-4-14-5-10(21(17,18)19)13-9(14)3-7(6)12/h3-5,8H,2H2,1H3,(H,15,16)(H2,17,18,19). The third-order valence-corrected chi connectivity index (χ3v) is 4.42. The van der Waals surface area contributed by atoms with E-state index in [-0.39, 0.29) is 11.9 Å². The molecule has 0 saturated carbocycles. The number of methoxy groups -OCH3 is 1. The topological polar surface area (TPSA) is 121 Å². The number of rotatable bonds is 5. The first kappa shape index (κ1) is 16.1. The molecular weight excluding hydrogens is 367 g/mol. The fourth-order valence-electron chi connectivity index (χ4n) is 1.80. The van der Waals surface area contributed by atoms with Crippen LogP contribution in [0.3, 0.4) is 0 Å². The molecule has 0 fully saturated rings. The average Bonchev–Trinajstić information content (AvgIpc) is 2.78. The number of imidazole rings is 1. The summed E-state index contributed by atoms with van der Waals surface area (Å²) in [5, 5.41) is 8.99. The largest absolute Gasteiger partial charge is 0.479 e. The Hall–Kier alpha value is -1.25. The van der Waals surface area contributed by atoms with Gasteiger partial charge in [0.15, 0.2) is 11.5 Å². The number of nitrogens with zero attached hydrogens (tertiary/aromatic N) is 2. The summed E-state index contributed by atoms with van der Waals surface area (Å²) in [7, 11) is -3.14. The Kier molecular flexibility index (Phi) is 4.50. The summed E-state index contributed by atoms with van der Waals surface area (Å²) >= 11 is 3.29. The summed E-state index contributed by atoms with van der Waals surface area (Å²) < 4.78 is 18.1. The van der Waals surface area contributed by atoms with Gasteiger partial charge in [0.25, 0.3) is 0 Å². The van der Waals surface area contributed by atoms with Crippen molar-refractivity contribution >= 4 is 40.6 Å². The number of hydrogen-bond acceptors (Lipinski definition) is 4. The molecule has 21 heavy (non-hydrogen) atoms. The number of ether oxygens (including phenoxy) is 1. The van der Waals surface area contributed by atoms with Crippen LogP contribution in [-0.4, -0.2) is 43.5 Å². The molecule has 0 bridgehead atoms. The van der Waals surface area contributed by atoms with E-state index in [1.165, 1.54) is 17.7 Å². The van der Waals surface area contributed by atoms with Crippen molar-refractivity contribution in [3.63, 3.8) is 0 Å². The number of aliphatic carboxylic acids is 1. The minimum Gasteiger partial charge on any atom is -0.479 e. The van der Waals surface area contributed by atoms with Crippen LogP contribution in [0.2, 0.25) is 0 Å². The van der Waals surface area contributed by atoms with Gasteiger partial charge in [-0.3, -0.25) is 4.57 Å². The smallest absolute Gasteiger partial charge is 0.376 e. The predicted molar refractivity (Wildman–Crippen MR) is 76.7 cm³/mol. The van der Waals surface area contributed by atoms with Crippen molar-refractivity contribution in [3.8, 4) is 0 Å². The zero-order chi connectivity index (χ0) is 15.8. The van der Waals surface area contributed by atoms with Crippen molar-refractivity contribution in [2.75, 3.05) is 7.11 Å². The number of carboxylic acid groups (broad SMARTS) is 1. The highest BCUT2D eigenvalue weighted by atomic mass is 79.9. The van der Waals surface area contributed by atoms with Crippen molar-refractivity contribution in [1.29, 1.82) is 0 Å². The second kappa shape index (κ2) is 5.86. The van der Waals surface area contributed by atoms with Gasteiger partial charge >= 0.3 is 13.6 Å². The highest BCUT2D eigenvalue weighted by Gasteiger charge is 2.23. The van der Waals surface area contributed by atoms with Crippen molar-refractivity contribution in [3.05, 3.63) is 28.5 Å². The molecule has 0 saturated heterocycles. The monoisotopic (exact) mass is 378 g/mol. The van der Waals surface area contributed by atoms with E-state index >= 15 is 0 Å². The molecule has 0 aliphatic heterocycles. The molecule has 0 aromatic carbocycles. The zero-order valence-corrected chi connectivity index (χ0v) is 13.3. The lowest BCUT2D eigenvalue weighted by molar-refractivity contribution is -0.148. The van der Waals surface area contributed by atoms with Gasteiger partial charge in [-0.1, -0.05) is 15.9 Å². The van der Waals surface area contributed by atoms with Crippen LogP contribution in [0.15, 0.2) is 22.9 Å². The summed E-state index contributed by atoms with van der Waals surface area (Å²) in [5.41, 5.74) is 0.618. The van der Waals surface area contributed by atoms with Gasteiger partial charge in [-0.2, -0.15) is 0 Å². The summed E-state index contributed by atoms with van der Waals surface area (Å²) in [6.07, 6.45) is 1.87. The maximum absolute atomic E-state index is 11.2. The van der Waals surface area contributed by atoms with Gasteiger partial charge in [0.2, 0.25) is 0 Å². The fraction of sp³-hybridized carbons (Fsp3) is 0.273. The molecule has 2 rings (SSSR count). The Balaban J connectivity index is 2.44. The lowest BCUT2D eigenvalue weighted by Gasteiger charge is -2.12. The summed E-state index contributed by atoms with van der Waals surface area (Å²) in [6, 6.07) is 1.56. The van der Waals surface area contributed by atoms with E-state index in [2.05, 4.69) is 20.9 Å². The van der Waals surface area contributed by atoms with E-state index in [0.717, 1.165) is 0 Å². The Bertz CT molecular complexity index is 740. The van der Waals surface area contributed by atoms with Crippen molar-refractivity contribution in [1.82, 2.24) is 9.38 Å². The molecule has 0 radical (unpaired) electrons. The third-order valence-electron chi connectivity index (χ3n) is 2.87. The molecule has 0 spiro atoms. The first-order valence-corrected chi connectivity index (χ1v) is 8.11. The molecule has 0 aliphatic carbocycles. The van der Waals surface area contributed by atoms with Gasteiger partial charge in [0.1, 0.15) is 5.65 Å². The van der Waals surface area contributed by atoms with Gasteiger partial charge in [-0.15, -0.1) is 0 Å². The van der Waals surface area contributed by atoms with Crippen LogP contribution in [0, 0.1) is 0 Å². The number of pyridine rings is 1. The maximum atomic E-state index is 11.2. The van der Waals surface area contributed by atoms with Gasteiger partial charge in [0.05, 0.1) is 0 Å². The number of hydrogen-bond donors (Lipinski definition) is 3. The summed E-state index contributed by atoms with van der Waals surface area (Å²) in [4.78, 5) is 33.0. The summed E-state index contributed by atoms with van der Waals surface area (Å²) in [5.74, 6) is -1.09. The Morgan fingerprint density at radius 1 is 1.52 bits per heavy atom. The molecule has 2 aromatic rings. The Morgan fingerprint density at radius 3 is 2.71 bits per heavy atom. The van der Waals surface area contributed by atoms with E-state index in [4.69, 9.17) is 19.6 Å². The van der Waals surface area contributed by atoms with Crippen LogP contribution in [0.4, 0.5) is 0 Å². The highest BCUT2D eigenvalue weighted by Crippen LogP contribution is 2.33. The molecule has 0 aliphatic rings. The minimum atomic E-state index is -4.44. The molecule has 0 amide bonds. The van der Waals surface area contributed by atoms with Crippen LogP contribution in [0.5, 0.6) is 0 Å².